The van der Waals surface area contributed by atoms with Crippen LogP contribution in [0.1, 0.15) is 23.5 Å². The molecule has 2 aromatic heterocycles. The SMILES string of the molecule is CCNC(Cc1nccs1)c1cncc(F)c1. The third kappa shape index (κ3) is 3.31. The molecule has 90 valence electrons. The van der Waals surface area contributed by atoms with Crippen molar-refractivity contribution in [3.63, 3.8) is 0 Å². The molecule has 0 bridgehead atoms. The largest absolute Gasteiger partial charge is 0.310 e. The summed E-state index contributed by atoms with van der Waals surface area (Å²) < 4.78 is 13.1. The Labute approximate surface area is 104 Å². The number of hydrogen-bond acceptors (Lipinski definition) is 4. The Morgan fingerprint density at radius 3 is 3.00 bits per heavy atom. The quantitative estimate of drug-likeness (QED) is 0.887. The smallest absolute Gasteiger partial charge is 0.141 e. The highest BCUT2D eigenvalue weighted by molar-refractivity contribution is 7.09. The van der Waals surface area contributed by atoms with Gasteiger partial charge < -0.3 is 5.32 Å². The Hall–Kier alpha value is -1.33. The number of nitrogens with zero attached hydrogens (tertiary/aromatic N) is 2. The molecule has 17 heavy (non-hydrogen) atoms. The van der Waals surface area contributed by atoms with Crippen molar-refractivity contribution in [2.45, 2.75) is 19.4 Å². The Balaban J connectivity index is 2.16. The Morgan fingerprint density at radius 1 is 1.47 bits per heavy atom. The number of nitrogens with one attached hydrogen (secondary N) is 1. The third-order valence-electron chi connectivity index (χ3n) is 2.44. The first-order valence-electron chi connectivity index (χ1n) is 5.51. The number of aromatic nitrogens is 2. The van der Waals surface area contributed by atoms with Gasteiger partial charge in [-0.25, -0.2) is 9.37 Å². The maximum atomic E-state index is 13.1. The van der Waals surface area contributed by atoms with E-state index in [2.05, 4.69) is 15.3 Å². The fourth-order valence-corrected chi connectivity index (χ4v) is 2.36. The van der Waals surface area contributed by atoms with E-state index in [0.717, 1.165) is 23.5 Å². The Kier molecular flexibility index (Phi) is 4.17. The average molecular weight is 251 g/mol. The van der Waals surface area contributed by atoms with Gasteiger partial charge in [-0.15, -0.1) is 11.3 Å². The standard InChI is InChI=1S/C12H14FN3S/c1-2-15-11(6-12-16-3-4-17-12)9-5-10(13)8-14-7-9/h3-5,7-8,11,15H,2,6H2,1H3. The van der Waals surface area contributed by atoms with Crippen LogP contribution >= 0.6 is 11.3 Å². The summed E-state index contributed by atoms with van der Waals surface area (Å²) >= 11 is 1.61. The van der Waals surface area contributed by atoms with Crippen molar-refractivity contribution in [2.75, 3.05) is 6.54 Å². The molecular weight excluding hydrogens is 237 g/mol. The lowest BCUT2D eigenvalue weighted by atomic mass is 10.1. The van der Waals surface area contributed by atoms with Crippen LogP contribution in [0.3, 0.4) is 0 Å². The molecule has 1 atom stereocenters. The molecule has 0 aromatic carbocycles. The molecule has 3 nitrogen and oxygen atoms in total. The van der Waals surface area contributed by atoms with Crippen LogP contribution in [0.15, 0.2) is 30.0 Å². The molecule has 0 radical (unpaired) electrons. The van der Waals surface area contributed by atoms with Gasteiger partial charge in [0.25, 0.3) is 0 Å². The second-order valence-electron chi connectivity index (χ2n) is 3.68. The zero-order valence-electron chi connectivity index (χ0n) is 9.56. The number of pyridine rings is 1. The number of hydrogen-bond donors (Lipinski definition) is 1. The topological polar surface area (TPSA) is 37.8 Å². The maximum absolute atomic E-state index is 13.1. The number of thiazole rings is 1. The van der Waals surface area contributed by atoms with Crippen LogP contribution in [-0.2, 0) is 6.42 Å². The highest BCUT2D eigenvalue weighted by Crippen LogP contribution is 2.19. The molecule has 2 rings (SSSR count). The average Bonchev–Trinajstić information content (AvgIpc) is 2.81. The van der Waals surface area contributed by atoms with E-state index in [1.54, 1.807) is 23.7 Å². The lowest BCUT2D eigenvalue weighted by Gasteiger charge is -2.16. The van der Waals surface area contributed by atoms with E-state index in [9.17, 15) is 4.39 Å². The Bertz CT molecular complexity index is 459. The van der Waals surface area contributed by atoms with E-state index in [4.69, 9.17) is 0 Å². The van der Waals surface area contributed by atoms with Gasteiger partial charge in [0, 0.05) is 30.2 Å². The number of rotatable bonds is 5. The van der Waals surface area contributed by atoms with E-state index in [1.165, 1.54) is 12.3 Å². The first-order valence-corrected chi connectivity index (χ1v) is 6.39. The first kappa shape index (κ1) is 12.1. The normalized spacial score (nSPS) is 12.6. The van der Waals surface area contributed by atoms with E-state index in [1.807, 2.05) is 12.3 Å². The van der Waals surface area contributed by atoms with Crippen molar-refractivity contribution < 1.29 is 4.39 Å². The van der Waals surface area contributed by atoms with E-state index >= 15 is 0 Å². The van der Waals surface area contributed by atoms with E-state index in [-0.39, 0.29) is 11.9 Å². The monoisotopic (exact) mass is 251 g/mol. The van der Waals surface area contributed by atoms with Gasteiger partial charge >= 0.3 is 0 Å². The van der Waals surface area contributed by atoms with Crippen molar-refractivity contribution in [1.29, 1.82) is 0 Å². The van der Waals surface area contributed by atoms with Crippen LogP contribution in [0.25, 0.3) is 0 Å². The van der Waals surface area contributed by atoms with Gasteiger partial charge in [-0.2, -0.15) is 0 Å². The zero-order valence-corrected chi connectivity index (χ0v) is 10.4. The molecule has 0 saturated heterocycles. The highest BCUT2D eigenvalue weighted by atomic mass is 32.1. The second-order valence-corrected chi connectivity index (χ2v) is 4.66. The fourth-order valence-electron chi connectivity index (χ4n) is 1.70. The summed E-state index contributed by atoms with van der Waals surface area (Å²) in [7, 11) is 0. The van der Waals surface area contributed by atoms with Crippen molar-refractivity contribution in [2.24, 2.45) is 0 Å². The van der Waals surface area contributed by atoms with Gasteiger partial charge in [0.15, 0.2) is 0 Å². The fraction of sp³-hybridized carbons (Fsp3) is 0.333. The van der Waals surface area contributed by atoms with Gasteiger partial charge in [0.05, 0.1) is 11.2 Å². The summed E-state index contributed by atoms with van der Waals surface area (Å²) in [5.41, 5.74) is 0.863. The molecule has 0 spiro atoms. The lowest BCUT2D eigenvalue weighted by molar-refractivity contribution is 0.538. The molecule has 0 fully saturated rings. The summed E-state index contributed by atoms with van der Waals surface area (Å²) in [6.45, 7) is 2.86. The molecule has 1 unspecified atom stereocenters. The van der Waals surface area contributed by atoms with Gasteiger partial charge in [-0.3, -0.25) is 4.98 Å². The van der Waals surface area contributed by atoms with E-state index in [0.29, 0.717) is 0 Å². The predicted octanol–water partition coefficient (Wildman–Crippen LogP) is 2.57. The minimum atomic E-state index is -0.301. The van der Waals surface area contributed by atoms with Crippen molar-refractivity contribution in [1.82, 2.24) is 15.3 Å². The van der Waals surface area contributed by atoms with Crippen LogP contribution in [0.2, 0.25) is 0 Å². The summed E-state index contributed by atoms with van der Waals surface area (Å²) in [5, 5.41) is 6.31. The maximum Gasteiger partial charge on any atom is 0.141 e. The first-order chi connectivity index (χ1) is 8.29. The van der Waals surface area contributed by atoms with Crippen molar-refractivity contribution >= 4 is 11.3 Å². The molecule has 5 heteroatoms. The molecule has 2 aromatic rings. The van der Waals surface area contributed by atoms with Gasteiger partial charge in [0.1, 0.15) is 5.82 Å². The van der Waals surface area contributed by atoms with Crippen LogP contribution < -0.4 is 5.32 Å². The van der Waals surface area contributed by atoms with Gasteiger partial charge in [-0.1, -0.05) is 6.92 Å². The second kappa shape index (κ2) is 5.84. The molecular formula is C12H14FN3S. The molecule has 1 N–H and O–H groups in total. The van der Waals surface area contributed by atoms with Crippen LogP contribution in [-0.4, -0.2) is 16.5 Å². The van der Waals surface area contributed by atoms with Gasteiger partial charge in [-0.05, 0) is 18.2 Å². The molecule has 0 aliphatic heterocycles. The van der Waals surface area contributed by atoms with Gasteiger partial charge in [0.2, 0.25) is 0 Å². The molecule has 0 aliphatic rings. The summed E-state index contributed by atoms with van der Waals surface area (Å²) in [6, 6.07) is 1.59. The molecule has 0 amide bonds. The molecule has 0 saturated carbocycles. The zero-order chi connectivity index (χ0) is 12.1. The van der Waals surface area contributed by atoms with Crippen molar-refractivity contribution in [3.05, 3.63) is 46.4 Å². The number of likely N-dealkylation sites (N-methyl/N-ethyl adjacent to an activating group) is 1. The highest BCUT2D eigenvalue weighted by Gasteiger charge is 2.13. The third-order valence-corrected chi connectivity index (χ3v) is 3.24. The minimum Gasteiger partial charge on any atom is -0.310 e. The Morgan fingerprint density at radius 2 is 2.35 bits per heavy atom. The van der Waals surface area contributed by atoms with E-state index < -0.39 is 0 Å². The van der Waals surface area contributed by atoms with Crippen LogP contribution in [0.5, 0.6) is 0 Å². The van der Waals surface area contributed by atoms with Crippen molar-refractivity contribution in [3.8, 4) is 0 Å². The minimum absolute atomic E-state index is 0.0642. The lowest BCUT2D eigenvalue weighted by Crippen LogP contribution is -2.23. The molecule has 0 aliphatic carbocycles. The summed E-state index contributed by atoms with van der Waals surface area (Å²) in [6.07, 6.45) is 5.46. The summed E-state index contributed by atoms with van der Waals surface area (Å²) in [4.78, 5) is 8.14. The number of halogens is 1. The summed E-state index contributed by atoms with van der Waals surface area (Å²) in [5.74, 6) is -0.301. The molecule has 2 heterocycles. The van der Waals surface area contributed by atoms with Crippen LogP contribution in [0, 0.1) is 5.82 Å². The predicted molar refractivity (Wildman–Crippen MR) is 66.4 cm³/mol. The van der Waals surface area contributed by atoms with Crippen LogP contribution in [0.4, 0.5) is 4.39 Å².